The van der Waals surface area contributed by atoms with Crippen LogP contribution in [0.15, 0.2) is 53.8 Å². The first-order valence-electron chi connectivity index (χ1n) is 6.47. The lowest BCUT2D eigenvalue weighted by Gasteiger charge is -2.02. The molecule has 0 radical (unpaired) electrons. The van der Waals surface area contributed by atoms with Gasteiger partial charge in [0.15, 0.2) is 0 Å². The number of aromatic amines is 3. The van der Waals surface area contributed by atoms with Crippen LogP contribution in [0.3, 0.4) is 0 Å². The summed E-state index contributed by atoms with van der Waals surface area (Å²) in [6.45, 7) is 0. The minimum Gasteiger partial charge on any atom is -0.346 e. The Hall–Kier alpha value is -3.15. The van der Waals surface area contributed by atoms with Crippen molar-refractivity contribution in [3.63, 3.8) is 0 Å². The minimum atomic E-state index is -0.151. The molecule has 6 heteroatoms. The number of nitrogens with one attached hydrogen (secondary N) is 3. The fourth-order valence-corrected chi connectivity index (χ4v) is 2.45. The third-order valence-electron chi connectivity index (χ3n) is 3.42. The smallest absolute Gasteiger partial charge is 0.249 e. The van der Waals surface area contributed by atoms with Crippen LogP contribution in [0, 0.1) is 0 Å². The van der Waals surface area contributed by atoms with Gasteiger partial charge in [-0.1, -0.05) is 0 Å². The van der Waals surface area contributed by atoms with E-state index in [-0.39, 0.29) is 5.56 Å². The fraction of sp³-hybridized carbons (Fsp3) is 0. The summed E-state index contributed by atoms with van der Waals surface area (Å²) in [5.41, 5.74) is 4.01. The zero-order valence-corrected chi connectivity index (χ0v) is 10.9. The van der Waals surface area contributed by atoms with Crippen LogP contribution in [0.4, 0.5) is 0 Å². The maximum atomic E-state index is 11.9. The van der Waals surface area contributed by atoms with Crippen LogP contribution in [-0.2, 0) is 0 Å². The summed E-state index contributed by atoms with van der Waals surface area (Å²) >= 11 is 0. The molecule has 102 valence electrons. The van der Waals surface area contributed by atoms with Gasteiger partial charge < -0.3 is 9.97 Å². The lowest BCUT2D eigenvalue weighted by Crippen LogP contribution is -2.05. The number of nitrogens with zero attached hydrogens (tertiary/aromatic N) is 2. The van der Waals surface area contributed by atoms with E-state index < -0.39 is 0 Å². The molecule has 21 heavy (non-hydrogen) atoms. The molecule has 0 saturated heterocycles. The molecular weight excluding hydrogens is 266 g/mol. The molecule has 0 unspecified atom stereocenters. The number of hydrogen-bond acceptors (Lipinski definition) is 3. The summed E-state index contributed by atoms with van der Waals surface area (Å²) in [6.07, 6.45) is 7.01. The topological polar surface area (TPSA) is 90.2 Å². The van der Waals surface area contributed by atoms with Crippen LogP contribution < -0.4 is 5.56 Å². The molecule has 4 aromatic heterocycles. The molecule has 0 spiro atoms. The Bertz CT molecular complexity index is 965. The molecule has 3 N–H and O–H groups in total. The molecule has 0 atom stereocenters. The van der Waals surface area contributed by atoms with Gasteiger partial charge in [0.1, 0.15) is 5.65 Å². The second kappa shape index (κ2) is 4.45. The molecule has 0 aromatic carbocycles. The van der Waals surface area contributed by atoms with Crippen molar-refractivity contribution in [1.82, 2.24) is 25.1 Å². The molecule has 4 heterocycles. The van der Waals surface area contributed by atoms with E-state index in [2.05, 4.69) is 25.1 Å². The molecule has 0 fully saturated rings. The van der Waals surface area contributed by atoms with E-state index >= 15 is 0 Å². The number of fused-ring (bicyclic) bond motifs is 1. The molecule has 4 aromatic rings. The molecule has 0 amide bonds. The van der Waals surface area contributed by atoms with Crippen molar-refractivity contribution in [2.75, 3.05) is 0 Å². The Kier molecular flexibility index (Phi) is 2.47. The van der Waals surface area contributed by atoms with Crippen LogP contribution in [-0.4, -0.2) is 25.1 Å². The van der Waals surface area contributed by atoms with Crippen molar-refractivity contribution in [3.8, 4) is 22.4 Å². The molecule has 4 rings (SSSR count). The van der Waals surface area contributed by atoms with Gasteiger partial charge >= 0.3 is 0 Å². The normalized spacial score (nSPS) is 11.0. The second-order valence-corrected chi connectivity index (χ2v) is 4.74. The Labute approximate surface area is 118 Å². The number of hydrogen-bond donors (Lipinski definition) is 3. The number of H-pyrrole nitrogens is 3. The lowest BCUT2D eigenvalue weighted by molar-refractivity contribution is 1.09. The van der Waals surface area contributed by atoms with Gasteiger partial charge in [-0.3, -0.25) is 9.89 Å². The highest BCUT2D eigenvalue weighted by molar-refractivity contribution is 5.93. The van der Waals surface area contributed by atoms with Gasteiger partial charge in [-0.15, -0.1) is 0 Å². The maximum Gasteiger partial charge on any atom is 0.249 e. The fourth-order valence-electron chi connectivity index (χ4n) is 2.45. The standard InChI is InChI=1S/C15H11N5O/c21-14-5-9(4-13(20-14)10-6-18-19-7-10)12-8-17-15-11(12)2-1-3-16-15/h1-8H,(H,16,17)(H,18,19)(H,20,21). The monoisotopic (exact) mass is 277 g/mol. The van der Waals surface area contributed by atoms with Crippen molar-refractivity contribution in [2.45, 2.75) is 0 Å². The van der Waals surface area contributed by atoms with Gasteiger partial charge in [0.25, 0.3) is 0 Å². The van der Waals surface area contributed by atoms with Crippen molar-refractivity contribution in [3.05, 3.63) is 59.4 Å². The number of rotatable bonds is 2. The summed E-state index contributed by atoms with van der Waals surface area (Å²) in [6, 6.07) is 7.37. The van der Waals surface area contributed by atoms with Gasteiger partial charge in [-0.2, -0.15) is 5.10 Å². The van der Waals surface area contributed by atoms with Crippen molar-refractivity contribution < 1.29 is 0 Å². The van der Waals surface area contributed by atoms with E-state index in [1.807, 2.05) is 24.4 Å². The first kappa shape index (κ1) is 11.7. The van der Waals surface area contributed by atoms with Crippen LogP contribution >= 0.6 is 0 Å². The average molecular weight is 277 g/mol. The molecule has 0 aliphatic rings. The molecule has 0 bridgehead atoms. The first-order valence-corrected chi connectivity index (χ1v) is 6.47. The zero-order chi connectivity index (χ0) is 14.2. The lowest BCUT2D eigenvalue weighted by atomic mass is 10.0. The Morgan fingerprint density at radius 3 is 2.90 bits per heavy atom. The van der Waals surface area contributed by atoms with Crippen molar-refractivity contribution >= 4 is 11.0 Å². The third kappa shape index (κ3) is 1.93. The van der Waals surface area contributed by atoms with Gasteiger partial charge in [-0.05, 0) is 23.8 Å². The van der Waals surface area contributed by atoms with Crippen LogP contribution in [0.5, 0.6) is 0 Å². The Morgan fingerprint density at radius 2 is 2.05 bits per heavy atom. The van der Waals surface area contributed by atoms with Crippen molar-refractivity contribution in [2.24, 2.45) is 0 Å². The van der Waals surface area contributed by atoms with Crippen LogP contribution in [0.2, 0.25) is 0 Å². The van der Waals surface area contributed by atoms with Gasteiger partial charge in [0, 0.05) is 41.2 Å². The van der Waals surface area contributed by atoms with E-state index in [1.54, 1.807) is 24.7 Å². The van der Waals surface area contributed by atoms with E-state index in [0.717, 1.165) is 33.4 Å². The molecular formula is C15H11N5O. The zero-order valence-electron chi connectivity index (χ0n) is 10.9. The minimum absolute atomic E-state index is 0.151. The van der Waals surface area contributed by atoms with E-state index in [9.17, 15) is 4.79 Å². The van der Waals surface area contributed by atoms with E-state index in [1.165, 1.54) is 0 Å². The van der Waals surface area contributed by atoms with Crippen molar-refractivity contribution in [1.29, 1.82) is 0 Å². The number of pyridine rings is 2. The average Bonchev–Trinajstić information content (AvgIpc) is 3.16. The largest absolute Gasteiger partial charge is 0.346 e. The molecule has 0 aliphatic heterocycles. The summed E-state index contributed by atoms with van der Waals surface area (Å²) in [4.78, 5) is 22.1. The Morgan fingerprint density at radius 1 is 1.10 bits per heavy atom. The van der Waals surface area contributed by atoms with Gasteiger partial charge in [0.2, 0.25) is 5.56 Å². The summed E-state index contributed by atoms with van der Waals surface area (Å²) < 4.78 is 0. The van der Waals surface area contributed by atoms with Crippen LogP contribution in [0.25, 0.3) is 33.4 Å². The van der Waals surface area contributed by atoms with Gasteiger partial charge in [-0.25, -0.2) is 4.98 Å². The highest BCUT2D eigenvalue weighted by Crippen LogP contribution is 2.28. The SMILES string of the molecule is O=c1cc(-c2c[nH]c3ncccc23)cc(-c2cn[nH]c2)[nH]1. The second-order valence-electron chi connectivity index (χ2n) is 4.74. The number of aromatic nitrogens is 5. The quantitative estimate of drug-likeness (QED) is 0.525. The third-order valence-corrected chi connectivity index (χ3v) is 3.42. The molecule has 0 aliphatic carbocycles. The highest BCUT2D eigenvalue weighted by Gasteiger charge is 2.09. The van der Waals surface area contributed by atoms with E-state index in [4.69, 9.17) is 0 Å². The molecule has 6 nitrogen and oxygen atoms in total. The van der Waals surface area contributed by atoms with E-state index in [0.29, 0.717) is 0 Å². The predicted octanol–water partition coefficient (Wildman–Crippen LogP) is 2.31. The maximum absolute atomic E-state index is 11.9. The first-order chi connectivity index (χ1) is 10.3. The van der Waals surface area contributed by atoms with Gasteiger partial charge in [0.05, 0.1) is 11.9 Å². The van der Waals surface area contributed by atoms with Crippen LogP contribution in [0.1, 0.15) is 0 Å². The highest BCUT2D eigenvalue weighted by atomic mass is 16.1. The summed E-state index contributed by atoms with van der Waals surface area (Å²) in [7, 11) is 0. The summed E-state index contributed by atoms with van der Waals surface area (Å²) in [5.74, 6) is 0. The summed E-state index contributed by atoms with van der Waals surface area (Å²) in [5, 5.41) is 7.64. The molecule has 0 saturated carbocycles. The predicted molar refractivity (Wildman–Crippen MR) is 79.7 cm³/mol. The Balaban J connectivity index is 1.95.